The summed E-state index contributed by atoms with van der Waals surface area (Å²) in [7, 11) is 1.22. The van der Waals surface area contributed by atoms with Gasteiger partial charge in [0.2, 0.25) is 0 Å². The molecule has 0 aliphatic rings. The summed E-state index contributed by atoms with van der Waals surface area (Å²) in [6.45, 7) is 1.67. The van der Waals surface area contributed by atoms with Gasteiger partial charge >= 0.3 is 11.9 Å². The second kappa shape index (κ2) is 5.90. The molecule has 1 rings (SSSR count). The molecular weight excluding hydrogens is 238 g/mol. The average molecular weight is 253 g/mol. The number of esters is 1. The third-order valence-electron chi connectivity index (χ3n) is 2.36. The number of nitrogens with two attached hydrogens (primary N) is 1. The van der Waals surface area contributed by atoms with Crippen molar-refractivity contribution in [1.82, 2.24) is 0 Å². The molecule has 0 aromatic heterocycles. The summed E-state index contributed by atoms with van der Waals surface area (Å²) >= 11 is 0. The number of benzene rings is 1. The van der Waals surface area contributed by atoms with Gasteiger partial charge in [0, 0.05) is 5.69 Å². The number of carbonyl (C=O) groups is 2. The van der Waals surface area contributed by atoms with Gasteiger partial charge in [-0.25, -0.2) is 9.59 Å². The number of hydrogen-bond donors (Lipinski definition) is 2. The quantitative estimate of drug-likeness (QED) is 0.606. The van der Waals surface area contributed by atoms with Gasteiger partial charge in [0.1, 0.15) is 11.3 Å². The number of rotatable bonds is 5. The van der Waals surface area contributed by atoms with E-state index in [0.29, 0.717) is 0 Å². The predicted molar refractivity (Wildman–Crippen MR) is 64.5 cm³/mol. The first kappa shape index (κ1) is 13.8. The minimum atomic E-state index is -1.10. The Labute approximate surface area is 104 Å². The maximum Gasteiger partial charge on any atom is 0.344 e. The molecule has 0 bridgehead atoms. The van der Waals surface area contributed by atoms with E-state index in [-0.39, 0.29) is 23.4 Å². The van der Waals surface area contributed by atoms with Crippen molar-refractivity contribution < 1.29 is 24.2 Å². The first-order valence-corrected chi connectivity index (χ1v) is 5.37. The van der Waals surface area contributed by atoms with Crippen molar-refractivity contribution in [3.63, 3.8) is 0 Å². The van der Waals surface area contributed by atoms with Crippen molar-refractivity contribution in [2.24, 2.45) is 0 Å². The van der Waals surface area contributed by atoms with E-state index in [1.807, 2.05) is 0 Å². The molecule has 1 atom stereocenters. The highest BCUT2D eigenvalue weighted by atomic mass is 16.5. The molecule has 0 aliphatic carbocycles. The number of aliphatic carboxylic acids is 1. The highest BCUT2D eigenvalue weighted by Crippen LogP contribution is 2.26. The molecular formula is C12H15NO5. The van der Waals surface area contributed by atoms with E-state index in [1.165, 1.54) is 19.2 Å². The lowest BCUT2D eigenvalue weighted by atomic mass is 10.1. The molecule has 0 radical (unpaired) electrons. The molecule has 98 valence electrons. The van der Waals surface area contributed by atoms with Crippen LogP contribution in [0.15, 0.2) is 18.2 Å². The van der Waals surface area contributed by atoms with Gasteiger partial charge in [0.15, 0.2) is 6.10 Å². The Balaban J connectivity index is 3.12. The van der Waals surface area contributed by atoms with E-state index in [9.17, 15) is 9.59 Å². The summed E-state index contributed by atoms with van der Waals surface area (Å²) in [5.41, 5.74) is 5.88. The first-order chi connectivity index (χ1) is 8.51. The third kappa shape index (κ3) is 2.91. The largest absolute Gasteiger partial charge is 0.479 e. The maximum atomic E-state index is 11.6. The highest BCUT2D eigenvalue weighted by molar-refractivity contribution is 5.98. The lowest BCUT2D eigenvalue weighted by molar-refractivity contribution is -0.145. The number of carboxylic acid groups (broad SMARTS) is 1. The van der Waals surface area contributed by atoms with Crippen LogP contribution in [0.1, 0.15) is 23.7 Å². The molecule has 6 heteroatoms. The van der Waals surface area contributed by atoms with E-state index in [4.69, 9.17) is 15.6 Å². The molecule has 1 aromatic carbocycles. The van der Waals surface area contributed by atoms with Crippen LogP contribution in [-0.2, 0) is 9.53 Å². The minimum absolute atomic E-state index is 0.0414. The Kier molecular flexibility index (Phi) is 4.53. The molecule has 0 saturated carbocycles. The maximum absolute atomic E-state index is 11.6. The Morgan fingerprint density at radius 3 is 2.61 bits per heavy atom. The number of nitrogen functional groups attached to an aromatic ring is 1. The topological polar surface area (TPSA) is 98.9 Å². The third-order valence-corrected chi connectivity index (χ3v) is 2.36. The fourth-order valence-corrected chi connectivity index (χ4v) is 1.43. The van der Waals surface area contributed by atoms with Gasteiger partial charge in [-0.3, -0.25) is 0 Å². The highest BCUT2D eigenvalue weighted by Gasteiger charge is 2.22. The number of methoxy groups -OCH3 is 1. The SMILES string of the molecule is CCC(Oc1cccc(N)c1C(=O)OC)C(=O)O. The smallest absolute Gasteiger partial charge is 0.344 e. The van der Waals surface area contributed by atoms with Gasteiger partial charge in [-0.1, -0.05) is 13.0 Å². The number of anilines is 1. The minimum Gasteiger partial charge on any atom is -0.479 e. The fraction of sp³-hybridized carbons (Fsp3) is 0.333. The molecule has 6 nitrogen and oxygen atoms in total. The first-order valence-electron chi connectivity index (χ1n) is 5.37. The summed E-state index contributed by atoms with van der Waals surface area (Å²) in [6.07, 6.45) is -0.764. The molecule has 3 N–H and O–H groups in total. The molecule has 0 fully saturated rings. The van der Waals surface area contributed by atoms with Crippen molar-refractivity contribution in [1.29, 1.82) is 0 Å². The molecule has 1 aromatic rings. The van der Waals surface area contributed by atoms with Crippen molar-refractivity contribution in [3.05, 3.63) is 23.8 Å². The van der Waals surface area contributed by atoms with Gasteiger partial charge < -0.3 is 20.3 Å². The molecule has 0 heterocycles. The Hall–Kier alpha value is -2.24. The lowest BCUT2D eigenvalue weighted by Crippen LogP contribution is -2.27. The van der Waals surface area contributed by atoms with Crippen LogP contribution < -0.4 is 10.5 Å². The van der Waals surface area contributed by atoms with Crippen LogP contribution in [0.25, 0.3) is 0 Å². The van der Waals surface area contributed by atoms with Crippen LogP contribution in [0.5, 0.6) is 5.75 Å². The fourth-order valence-electron chi connectivity index (χ4n) is 1.43. The molecule has 0 spiro atoms. The van der Waals surface area contributed by atoms with Gasteiger partial charge in [-0.05, 0) is 18.6 Å². The van der Waals surface area contributed by atoms with Crippen LogP contribution in [-0.4, -0.2) is 30.3 Å². The lowest BCUT2D eigenvalue weighted by Gasteiger charge is -2.16. The molecule has 1 unspecified atom stereocenters. The van der Waals surface area contributed by atoms with Gasteiger partial charge in [-0.15, -0.1) is 0 Å². The molecule has 0 amide bonds. The normalized spacial score (nSPS) is 11.7. The number of carboxylic acids is 1. The summed E-state index contributed by atoms with van der Waals surface area (Å²) < 4.78 is 9.87. The van der Waals surface area contributed by atoms with Crippen LogP contribution in [0.2, 0.25) is 0 Å². The van der Waals surface area contributed by atoms with Crippen molar-refractivity contribution in [3.8, 4) is 5.75 Å². The monoisotopic (exact) mass is 253 g/mol. The average Bonchev–Trinajstić information content (AvgIpc) is 2.34. The van der Waals surface area contributed by atoms with Gasteiger partial charge in [-0.2, -0.15) is 0 Å². The second-order valence-electron chi connectivity index (χ2n) is 3.56. The Morgan fingerprint density at radius 1 is 1.44 bits per heavy atom. The molecule has 0 aliphatic heterocycles. The zero-order chi connectivity index (χ0) is 13.7. The van der Waals surface area contributed by atoms with Crippen molar-refractivity contribution in [2.75, 3.05) is 12.8 Å². The summed E-state index contributed by atoms with van der Waals surface area (Å²) in [5.74, 6) is -1.66. The predicted octanol–water partition coefficient (Wildman–Crippen LogP) is 1.30. The van der Waals surface area contributed by atoms with Crippen LogP contribution in [0, 0.1) is 0 Å². The zero-order valence-corrected chi connectivity index (χ0v) is 10.2. The summed E-state index contributed by atoms with van der Waals surface area (Å²) in [6, 6.07) is 4.57. The van der Waals surface area contributed by atoms with E-state index in [2.05, 4.69) is 4.74 Å². The van der Waals surface area contributed by atoms with E-state index in [1.54, 1.807) is 13.0 Å². The van der Waals surface area contributed by atoms with Crippen LogP contribution >= 0.6 is 0 Å². The number of ether oxygens (including phenoxy) is 2. The molecule has 18 heavy (non-hydrogen) atoms. The van der Waals surface area contributed by atoms with Crippen LogP contribution in [0.3, 0.4) is 0 Å². The Morgan fingerprint density at radius 2 is 2.11 bits per heavy atom. The van der Waals surface area contributed by atoms with E-state index < -0.39 is 18.0 Å². The summed E-state index contributed by atoms with van der Waals surface area (Å²) in [4.78, 5) is 22.5. The van der Waals surface area contributed by atoms with E-state index >= 15 is 0 Å². The van der Waals surface area contributed by atoms with E-state index in [0.717, 1.165) is 0 Å². The number of hydrogen-bond acceptors (Lipinski definition) is 5. The van der Waals surface area contributed by atoms with Gasteiger partial charge in [0.25, 0.3) is 0 Å². The molecule has 0 saturated heterocycles. The van der Waals surface area contributed by atoms with Crippen molar-refractivity contribution >= 4 is 17.6 Å². The Bertz CT molecular complexity index is 458. The number of carbonyl (C=O) groups excluding carboxylic acids is 1. The zero-order valence-electron chi connectivity index (χ0n) is 10.2. The van der Waals surface area contributed by atoms with Gasteiger partial charge in [0.05, 0.1) is 7.11 Å². The second-order valence-corrected chi connectivity index (χ2v) is 3.56. The van der Waals surface area contributed by atoms with Crippen molar-refractivity contribution in [2.45, 2.75) is 19.4 Å². The van der Waals surface area contributed by atoms with Crippen LogP contribution in [0.4, 0.5) is 5.69 Å². The summed E-state index contributed by atoms with van der Waals surface area (Å²) in [5, 5.41) is 8.92. The standard InChI is InChI=1S/C12H15NO5/c1-3-8(11(14)15)18-9-6-4-5-7(13)10(9)12(16)17-2/h4-6,8H,3,13H2,1-2H3,(H,14,15).